The number of hydrogen-bond acceptors (Lipinski definition) is 8. The Balaban J connectivity index is 1.49. The summed E-state index contributed by atoms with van der Waals surface area (Å²) < 4.78 is 13.5. The first-order valence-electron chi connectivity index (χ1n) is 12.6. The molecule has 1 saturated heterocycles. The number of methoxy groups -OCH3 is 1. The van der Waals surface area contributed by atoms with Gasteiger partial charge in [-0.2, -0.15) is 0 Å². The molecular formula is C26H36N6O3. The molecule has 4 heterocycles. The molecule has 9 nitrogen and oxygen atoms in total. The van der Waals surface area contributed by atoms with Crippen LogP contribution in [0.25, 0.3) is 16.6 Å². The molecule has 2 N–H and O–H groups in total. The van der Waals surface area contributed by atoms with Crippen molar-refractivity contribution in [1.82, 2.24) is 24.5 Å². The van der Waals surface area contributed by atoms with Crippen LogP contribution < -0.4 is 10.1 Å². The Bertz CT molecular complexity index is 1140. The highest BCUT2D eigenvalue weighted by molar-refractivity contribution is 5.81. The zero-order valence-electron chi connectivity index (χ0n) is 20.9. The van der Waals surface area contributed by atoms with Gasteiger partial charge in [0.15, 0.2) is 0 Å². The molecule has 2 fully saturated rings. The molecule has 0 aromatic carbocycles. The zero-order valence-corrected chi connectivity index (χ0v) is 20.9. The first-order chi connectivity index (χ1) is 17.0. The number of nitrogens with one attached hydrogen (secondary N) is 1. The number of anilines is 1. The van der Waals surface area contributed by atoms with Crippen molar-refractivity contribution in [3.8, 4) is 17.0 Å². The van der Waals surface area contributed by atoms with Crippen molar-refractivity contribution < 1.29 is 14.6 Å². The van der Waals surface area contributed by atoms with Crippen LogP contribution in [0.4, 0.5) is 5.95 Å². The van der Waals surface area contributed by atoms with Crippen molar-refractivity contribution in [3.63, 3.8) is 0 Å². The van der Waals surface area contributed by atoms with E-state index in [1.54, 1.807) is 7.11 Å². The summed E-state index contributed by atoms with van der Waals surface area (Å²) in [6.45, 7) is 4.58. The number of hydrogen-bond donors (Lipinski definition) is 2. The van der Waals surface area contributed by atoms with Crippen LogP contribution in [0.15, 0.2) is 30.6 Å². The Hall–Kier alpha value is -2.75. The monoisotopic (exact) mass is 480 g/mol. The fraction of sp³-hybridized carbons (Fsp3) is 0.577. The molecule has 0 unspecified atom stereocenters. The predicted molar refractivity (Wildman–Crippen MR) is 135 cm³/mol. The van der Waals surface area contributed by atoms with Gasteiger partial charge in [0.25, 0.3) is 0 Å². The molecule has 0 bridgehead atoms. The normalized spacial score (nSPS) is 24.1. The van der Waals surface area contributed by atoms with Crippen molar-refractivity contribution in [2.24, 2.45) is 0 Å². The molecule has 5 rings (SSSR count). The van der Waals surface area contributed by atoms with Crippen LogP contribution in [0.5, 0.6) is 5.88 Å². The Morgan fingerprint density at radius 3 is 2.74 bits per heavy atom. The highest BCUT2D eigenvalue weighted by Gasteiger charge is 2.26. The van der Waals surface area contributed by atoms with Crippen LogP contribution in [-0.2, 0) is 4.74 Å². The van der Waals surface area contributed by atoms with Gasteiger partial charge in [-0.25, -0.2) is 14.5 Å². The van der Waals surface area contributed by atoms with E-state index in [1.807, 2.05) is 36.0 Å². The average molecular weight is 481 g/mol. The number of likely N-dealkylation sites (N-methyl/N-ethyl adjacent to an activating group) is 1. The van der Waals surface area contributed by atoms with Gasteiger partial charge in [-0.3, -0.25) is 0 Å². The van der Waals surface area contributed by atoms with E-state index in [4.69, 9.17) is 14.6 Å². The minimum absolute atomic E-state index is 0.0929. The third-order valence-electron chi connectivity index (χ3n) is 7.13. The van der Waals surface area contributed by atoms with E-state index >= 15 is 0 Å². The molecule has 0 amide bonds. The van der Waals surface area contributed by atoms with E-state index in [9.17, 15) is 5.11 Å². The fourth-order valence-electron chi connectivity index (χ4n) is 5.29. The van der Waals surface area contributed by atoms with Gasteiger partial charge in [0, 0.05) is 55.7 Å². The van der Waals surface area contributed by atoms with E-state index < -0.39 is 0 Å². The van der Waals surface area contributed by atoms with Gasteiger partial charge in [0.1, 0.15) is 6.10 Å². The van der Waals surface area contributed by atoms with E-state index in [0.717, 1.165) is 67.5 Å². The van der Waals surface area contributed by atoms with E-state index in [0.29, 0.717) is 24.4 Å². The Morgan fingerprint density at radius 2 is 2.00 bits per heavy atom. The maximum absolute atomic E-state index is 10.0. The molecule has 1 saturated carbocycles. The van der Waals surface area contributed by atoms with Gasteiger partial charge in [0.2, 0.25) is 11.8 Å². The Morgan fingerprint density at radius 1 is 1.17 bits per heavy atom. The lowest BCUT2D eigenvalue weighted by Crippen LogP contribution is -2.23. The first kappa shape index (κ1) is 24.0. The van der Waals surface area contributed by atoms with Crippen molar-refractivity contribution in [2.45, 2.75) is 63.2 Å². The third-order valence-corrected chi connectivity index (χ3v) is 7.13. The fourth-order valence-corrected chi connectivity index (χ4v) is 5.29. The standard InChI is InChI=1S/C26H36N6O3/c1-17(16-34-3)29-26-28-14-24-22(13-23(32(24)30-26)18-4-6-20(33)7-5-18)19-8-10-27-25(12-19)35-21-9-11-31(2)15-21/h8,10,12-14,17-18,20-21,33H,4-7,9,11,15-16H2,1-3H3,(H,29,30)/t17-,18?,20?,21-/m0/s1. The van der Waals surface area contributed by atoms with E-state index in [-0.39, 0.29) is 18.2 Å². The van der Waals surface area contributed by atoms with Gasteiger partial charge >= 0.3 is 0 Å². The largest absolute Gasteiger partial charge is 0.473 e. The van der Waals surface area contributed by atoms with Crippen LogP contribution in [0.3, 0.4) is 0 Å². The smallest absolute Gasteiger partial charge is 0.241 e. The number of rotatable bonds is 8. The number of aliphatic hydroxyl groups is 1. The second kappa shape index (κ2) is 10.5. The number of likely N-dealkylation sites (tertiary alicyclic amines) is 1. The lowest BCUT2D eigenvalue weighted by Gasteiger charge is -2.25. The number of fused-ring (bicyclic) bond motifs is 1. The highest BCUT2D eigenvalue weighted by atomic mass is 16.5. The molecule has 3 aromatic rings. The zero-order chi connectivity index (χ0) is 24.4. The molecular weight excluding hydrogens is 444 g/mol. The molecule has 2 aliphatic rings. The summed E-state index contributed by atoms with van der Waals surface area (Å²) in [7, 11) is 3.80. The first-order valence-corrected chi connectivity index (χ1v) is 12.6. The molecule has 1 aliphatic heterocycles. The lowest BCUT2D eigenvalue weighted by molar-refractivity contribution is 0.121. The van der Waals surface area contributed by atoms with E-state index in [2.05, 4.69) is 33.3 Å². The van der Waals surface area contributed by atoms with Crippen LogP contribution in [-0.4, -0.2) is 81.7 Å². The maximum Gasteiger partial charge on any atom is 0.241 e. The van der Waals surface area contributed by atoms with Gasteiger partial charge in [-0.1, -0.05) is 0 Å². The number of nitrogens with zero attached hydrogens (tertiary/aromatic N) is 5. The minimum atomic E-state index is -0.201. The van der Waals surface area contributed by atoms with Crippen LogP contribution >= 0.6 is 0 Å². The quantitative estimate of drug-likeness (QED) is 0.507. The number of pyridine rings is 1. The minimum Gasteiger partial charge on any atom is -0.473 e. The molecule has 0 spiro atoms. The average Bonchev–Trinajstić information content (AvgIpc) is 3.43. The summed E-state index contributed by atoms with van der Waals surface area (Å²) in [5, 5.41) is 18.3. The summed E-state index contributed by atoms with van der Waals surface area (Å²) in [5.41, 5.74) is 4.22. The molecule has 9 heteroatoms. The number of aliphatic hydroxyl groups excluding tert-OH is 1. The van der Waals surface area contributed by atoms with Crippen molar-refractivity contribution >= 4 is 11.5 Å². The predicted octanol–water partition coefficient (Wildman–Crippen LogP) is 3.34. The molecule has 0 radical (unpaired) electrons. The van der Waals surface area contributed by atoms with Gasteiger partial charge in [-0.05, 0) is 63.8 Å². The van der Waals surface area contributed by atoms with Crippen molar-refractivity contribution in [3.05, 3.63) is 36.3 Å². The second-order valence-corrected chi connectivity index (χ2v) is 10.0. The van der Waals surface area contributed by atoms with Crippen molar-refractivity contribution in [2.75, 3.05) is 39.2 Å². The SMILES string of the molecule is COC[C@H](C)Nc1ncc2c(-c3ccnc(O[C@H]4CCN(C)C4)c3)cc(C3CCC(O)CC3)n2n1. The summed E-state index contributed by atoms with van der Waals surface area (Å²) >= 11 is 0. The topological polar surface area (TPSA) is 97.0 Å². The second-order valence-electron chi connectivity index (χ2n) is 10.0. The van der Waals surface area contributed by atoms with Crippen LogP contribution in [0.2, 0.25) is 0 Å². The van der Waals surface area contributed by atoms with E-state index in [1.165, 1.54) is 0 Å². The summed E-state index contributed by atoms with van der Waals surface area (Å²) in [6.07, 6.45) is 8.20. The number of ether oxygens (including phenoxy) is 2. The summed E-state index contributed by atoms with van der Waals surface area (Å²) in [6, 6.07) is 6.37. The Labute approximate surface area is 206 Å². The van der Waals surface area contributed by atoms with Crippen LogP contribution in [0.1, 0.15) is 50.6 Å². The molecule has 35 heavy (non-hydrogen) atoms. The Kier molecular flexibility index (Phi) is 7.17. The van der Waals surface area contributed by atoms with Gasteiger partial charge < -0.3 is 24.8 Å². The molecule has 2 atom stereocenters. The lowest BCUT2D eigenvalue weighted by atomic mass is 9.85. The highest BCUT2D eigenvalue weighted by Crippen LogP contribution is 2.38. The molecule has 188 valence electrons. The number of aromatic nitrogens is 4. The molecule has 1 aliphatic carbocycles. The third kappa shape index (κ3) is 5.42. The maximum atomic E-state index is 10.0. The van der Waals surface area contributed by atoms with Crippen LogP contribution in [0, 0.1) is 0 Å². The summed E-state index contributed by atoms with van der Waals surface area (Å²) in [5.74, 6) is 1.56. The van der Waals surface area contributed by atoms with Gasteiger partial charge in [0.05, 0.1) is 24.4 Å². The van der Waals surface area contributed by atoms with Gasteiger partial charge in [-0.15, -0.1) is 5.10 Å². The summed E-state index contributed by atoms with van der Waals surface area (Å²) in [4.78, 5) is 11.4. The molecule has 3 aromatic heterocycles. The van der Waals surface area contributed by atoms with Crippen molar-refractivity contribution in [1.29, 1.82) is 0 Å².